The van der Waals surface area contributed by atoms with E-state index in [-0.39, 0.29) is 5.92 Å². The maximum absolute atomic E-state index is 10.2. The molecular weight excluding hydrogens is 120 g/mol. The largest absolute Gasteiger partial charge is 0.481 e. The van der Waals surface area contributed by atoms with Crippen molar-refractivity contribution in [2.75, 3.05) is 6.61 Å². The predicted molar refractivity (Wildman–Crippen MR) is 29.0 cm³/mol. The third kappa shape index (κ3) is 0.812. The van der Waals surface area contributed by atoms with E-state index in [1.165, 1.54) is 0 Å². The Morgan fingerprint density at radius 1 is 1.67 bits per heavy atom. The molecule has 2 fully saturated rings. The van der Waals surface area contributed by atoms with E-state index in [4.69, 9.17) is 9.84 Å². The van der Waals surface area contributed by atoms with E-state index in [2.05, 4.69) is 0 Å². The number of rotatable bonds is 2. The summed E-state index contributed by atoms with van der Waals surface area (Å²) in [5, 5.41) is 8.44. The van der Waals surface area contributed by atoms with E-state index in [9.17, 15) is 4.79 Å². The summed E-state index contributed by atoms with van der Waals surface area (Å²) in [5.41, 5.74) is 0. The first-order chi connectivity index (χ1) is 4.29. The van der Waals surface area contributed by atoms with Gasteiger partial charge in [-0.05, 0) is 6.42 Å². The van der Waals surface area contributed by atoms with Crippen molar-refractivity contribution in [2.24, 2.45) is 11.8 Å². The lowest BCUT2D eigenvalue weighted by Gasteiger charge is -1.85. The molecule has 2 aliphatic rings. The number of carboxylic acids is 1. The molecule has 3 nitrogen and oxygen atoms in total. The number of epoxide rings is 1. The predicted octanol–water partition coefficient (Wildman–Crippen LogP) is 0.106. The molecule has 1 aliphatic carbocycles. The van der Waals surface area contributed by atoms with Crippen LogP contribution in [0.25, 0.3) is 0 Å². The van der Waals surface area contributed by atoms with Crippen LogP contribution >= 0.6 is 0 Å². The Labute approximate surface area is 52.6 Å². The summed E-state index contributed by atoms with van der Waals surface area (Å²) < 4.78 is 4.95. The minimum Gasteiger partial charge on any atom is -0.481 e. The number of hydrogen-bond acceptors (Lipinski definition) is 2. The Morgan fingerprint density at radius 3 is 2.67 bits per heavy atom. The molecule has 0 spiro atoms. The average Bonchev–Trinajstić information content (AvgIpc) is 2.60. The van der Waals surface area contributed by atoms with Crippen LogP contribution in [-0.2, 0) is 9.53 Å². The van der Waals surface area contributed by atoms with Crippen LogP contribution in [-0.4, -0.2) is 23.8 Å². The highest BCUT2D eigenvalue weighted by Crippen LogP contribution is 2.46. The van der Waals surface area contributed by atoms with E-state index in [0.29, 0.717) is 12.0 Å². The molecule has 0 amide bonds. The lowest BCUT2D eigenvalue weighted by molar-refractivity contribution is -0.138. The first kappa shape index (κ1) is 5.23. The molecule has 3 atom stereocenters. The van der Waals surface area contributed by atoms with Crippen LogP contribution in [0.1, 0.15) is 6.42 Å². The summed E-state index contributed by atoms with van der Waals surface area (Å²) >= 11 is 0. The number of aliphatic carboxylic acids is 1. The summed E-state index contributed by atoms with van der Waals surface area (Å²) in [4.78, 5) is 10.2. The van der Waals surface area contributed by atoms with E-state index in [0.717, 1.165) is 13.0 Å². The summed E-state index contributed by atoms with van der Waals surface area (Å²) in [6.07, 6.45) is 1.13. The molecule has 0 aromatic heterocycles. The first-order valence-electron chi connectivity index (χ1n) is 3.13. The van der Waals surface area contributed by atoms with Crippen molar-refractivity contribution < 1.29 is 14.6 Å². The van der Waals surface area contributed by atoms with Crippen LogP contribution < -0.4 is 0 Å². The normalized spacial score (nSPS) is 46.4. The maximum Gasteiger partial charge on any atom is 0.306 e. The summed E-state index contributed by atoms with van der Waals surface area (Å²) in [6.45, 7) is 0.786. The second kappa shape index (κ2) is 1.48. The molecule has 0 aromatic rings. The average molecular weight is 128 g/mol. The molecule has 9 heavy (non-hydrogen) atoms. The number of carbonyl (C=O) groups is 1. The standard InChI is InChI=1S/C6H8O3/c7-6(8)4-1-3(4)5-2-9-5/h3-5H,1-2H2,(H,7,8)/t3?,4?,5-/m1/s1. The SMILES string of the molecule is O=C(O)C1CC1[C@H]1CO1. The van der Waals surface area contributed by atoms with E-state index >= 15 is 0 Å². The van der Waals surface area contributed by atoms with Crippen molar-refractivity contribution in [3.8, 4) is 0 Å². The van der Waals surface area contributed by atoms with Gasteiger partial charge in [0.2, 0.25) is 0 Å². The molecule has 1 saturated carbocycles. The molecule has 50 valence electrons. The van der Waals surface area contributed by atoms with Crippen LogP contribution in [0.2, 0.25) is 0 Å². The highest BCUT2D eigenvalue weighted by atomic mass is 16.6. The fourth-order valence-corrected chi connectivity index (χ4v) is 1.21. The first-order valence-corrected chi connectivity index (χ1v) is 3.13. The van der Waals surface area contributed by atoms with Crippen LogP contribution in [0.3, 0.4) is 0 Å². The monoisotopic (exact) mass is 128 g/mol. The zero-order valence-corrected chi connectivity index (χ0v) is 4.91. The van der Waals surface area contributed by atoms with Crippen molar-refractivity contribution in [2.45, 2.75) is 12.5 Å². The van der Waals surface area contributed by atoms with Crippen molar-refractivity contribution >= 4 is 5.97 Å². The molecule has 2 unspecified atom stereocenters. The Bertz CT molecular complexity index is 150. The molecule has 1 heterocycles. The van der Waals surface area contributed by atoms with Crippen LogP contribution in [0.4, 0.5) is 0 Å². The minimum atomic E-state index is -0.657. The van der Waals surface area contributed by atoms with Gasteiger partial charge in [-0.15, -0.1) is 0 Å². The summed E-state index contributed by atoms with van der Waals surface area (Å²) in [6, 6.07) is 0. The van der Waals surface area contributed by atoms with Crippen molar-refractivity contribution in [3.63, 3.8) is 0 Å². The summed E-state index contributed by atoms with van der Waals surface area (Å²) in [7, 11) is 0. The van der Waals surface area contributed by atoms with Crippen molar-refractivity contribution in [1.82, 2.24) is 0 Å². The van der Waals surface area contributed by atoms with Gasteiger partial charge < -0.3 is 9.84 Å². The Kier molecular flexibility index (Phi) is 0.858. The van der Waals surface area contributed by atoms with Gasteiger partial charge in [0.1, 0.15) is 0 Å². The highest BCUT2D eigenvalue weighted by molar-refractivity contribution is 5.73. The maximum atomic E-state index is 10.2. The Balaban J connectivity index is 1.87. The molecule has 0 bridgehead atoms. The lowest BCUT2D eigenvalue weighted by atomic mass is 10.2. The van der Waals surface area contributed by atoms with Gasteiger partial charge in [-0.2, -0.15) is 0 Å². The number of carboxylic acid groups (broad SMARTS) is 1. The van der Waals surface area contributed by atoms with Crippen LogP contribution in [0, 0.1) is 11.8 Å². The molecule has 0 radical (unpaired) electrons. The summed E-state index contributed by atoms with van der Waals surface area (Å²) in [5.74, 6) is -0.393. The fourth-order valence-electron chi connectivity index (χ4n) is 1.21. The van der Waals surface area contributed by atoms with Crippen LogP contribution in [0.15, 0.2) is 0 Å². The zero-order valence-electron chi connectivity index (χ0n) is 4.91. The van der Waals surface area contributed by atoms with E-state index in [1.54, 1.807) is 0 Å². The van der Waals surface area contributed by atoms with Crippen molar-refractivity contribution in [1.29, 1.82) is 0 Å². The molecule has 1 N–H and O–H groups in total. The van der Waals surface area contributed by atoms with Gasteiger partial charge in [0, 0.05) is 5.92 Å². The van der Waals surface area contributed by atoms with Gasteiger partial charge >= 0.3 is 5.97 Å². The molecule has 0 aromatic carbocycles. The fraction of sp³-hybridized carbons (Fsp3) is 0.833. The zero-order chi connectivity index (χ0) is 6.43. The van der Waals surface area contributed by atoms with Gasteiger partial charge in [0.05, 0.1) is 18.6 Å². The van der Waals surface area contributed by atoms with Gasteiger partial charge in [-0.25, -0.2) is 0 Å². The molecular formula is C6H8O3. The molecule has 1 saturated heterocycles. The smallest absolute Gasteiger partial charge is 0.306 e. The third-order valence-electron chi connectivity index (χ3n) is 1.99. The second-order valence-corrected chi connectivity index (χ2v) is 2.72. The van der Waals surface area contributed by atoms with E-state index < -0.39 is 5.97 Å². The van der Waals surface area contributed by atoms with Gasteiger partial charge in [0.25, 0.3) is 0 Å². The van der Waals surface area contributed by atoms with Gasteiger partial charge in [-0.3, -0.25) is 4.79 Å². The topological polar surface area (TPSA) is 49.8 Å². The van der Waals surface area contributed by atoms with E-state index in [1.807, 2.05) is 0 Å². The molecule has 2 rings (SSSR count). The number of ether oxygens (including phenoxy) is 1. The highest BCUT2D eigenvalue weighted by Gasteiger charge is 2.52. The molecule has 3 heteroatoms. The second-order valence-electron chi connectivity index (χ2n) is 2.72. The Morgan fingerprint density at radius 2 is 2.33 bits per heavy atom. The van der Waals surface area contributed by atoms with Crippen molar-refractivity contribution in [3.05, 3.63) is 0 Å². The van der Waals surface area contributed by atoms with Gasteiger partial charge in [0.15, 0.2) is 0 Å². The van der Waals surface area contributed by atoms with Gasteiger partial charge in [-0.1, -0.05) is 0 Å². The quantitative estimate of drug-likeness (QED) is 0.537. The molecule has 1 aliphatic heterocycles. The number of hydrogen-bond donors (Lipinski definition) is 1. The Hall–Kier alpha value is -0.570. The lowest BCUT2D eigenvalue weighted by Crippen LogP contribution is -2.02. The minimum absolute atomic E-state index is 0.0856. The third-order valence-corrected chi connectivity index (χ3v) is 1.99. The van der Waals surface area contributed by atoms with Crippen LogP contribution in [0.5, 0.6) is 0 Å².